The fourth-order valence-electron chi connectivity index (χ4n) is 1.61. The predicted octanol–water partition coefficient (Wildman–Crippen LogP) is 4.22. The van der Waals surface area contributed by atoms with Crippen LogP contribution in [0.1, 0.15) is 41.5 Å². The number of carbonyl (C=O) groups excluding carboxylic acids is 2. The number of amides is 2. The first-order valence-corrected chi connectivity index (χ1v) is 7.22. The highest BCUT2D eigenvalue weighted by molar-refractivity contribution is 6.09. The molecule has 0 bridgehead atoms. The number of hydrogen-bond donors (Lipinski definition) is 1. The van der Waals surface area contributed by atoms with Crippen LogP contribution in [-0.4, -0.2) is 23.4 Å². The molecule has 0 spiro atoms. The minimum Gasteiger partial charge on any atom is -0.443 e. The van der Waals surface area contributed by atoms with Gasteiger partial charge in [-0.25, -0.2) is 18.4 Å². The minimum absolute atomic E-state index is 0.300. The summed E-state index contributed by atoms with van der Waals surface area (Å²) >= 11 is 0. The summed E-state index contributed by atoms with van der Waals surface area (Å²) in [5.41, 5.74) is 2.26. The fourth-order valence-corrected chi connectivity index (χ4v) is 1.61. The Morgan fingerprint density at radius 1 is 0.917 bits per heavy atom. The lowest BCUT2D eigenvalue weighted by Gasteiger charge is -2.28. The van der Waals surface area contributed by atoms with E-state index in [4.69, 9.17) is 15.2 Å². The summed E-state index contributed by atoms with van der Waals surface area (Å²) in [7, 11) is 0. The van der Waals surface area contributed by atoms with Gasteiger partial charge in [-0.15, -0.1) is 0 Å². The summed E-state index contributed by atoms with van der Waals surface area (Å²) in [5.74, 6) is -2.05. The third kappa shape index (κ3) is 5.36. The SMILES string of the molecule is CC(C)(C)OC(=O)N(C(=O)OC(C)(C)C)c1cc(F)c(N)cc1F. The van der Waals surface area contributed by atoms with Crippen molar-refractivity contribution < 1.29 is 27.8 Å². The van der Waals surface area contributed by atoms with E-state index in [2.05, 4.69) is 0 Å². The molecule has 1 aromatic rings. The van der Waals surface area contributed by atoms with Gasteiger partial charge >= 0.3 is 12.2 Å². The lowest BCUT2D eigenvalue weighted by Crippen LogP contribution is -2.44. The van der Waals surface area contributed by atoms with E-state index in [-0.39, 0.29) is 0 Å². The molecule has 0 saturated heterocycles. The first-order valence-electron chi connectivity index (χ1n) is 7.22. The zero-order chi connectivity index (χ0) is 18.9. The summed E-state index contributed by atoms with van der Waals surface area (Å²) < 4.78 is 38.0. The van der Waals surface area contributed by atoms with Gasteiger partial charge in [-0.2, -0.15) is 4.90 Å². The van der Waals surface area contributed by atoms with Gasteiger partial charge in [0.25, 0.3) is 0 Å². The molecule has 0 aliphatic carbocycles. The molecule has 0 fully saturated rings. The second-order valence-corrected chi connectivity index (χ2v) is 7.12. The van der Waals surface area contributed by atoms with E-state index in [1.54, 1.807) is 41.5 Å². The number of carbonyl (C=O) groups is 2. The second kappa shape index (κ2) is 6.62. The maximum atomic E-state index is 14.2. The Bertz CT molecular complexity index is 621. The predicted molar refractivity (Wildman–Crippen MR) is 85.7 cm³/mol. The number of benzene rings is 1. The molecule has 2 amide bonds. The molecular formula is C16H22F2N2O4. The first-order chi connectivity index (χ1) is 10.7. The topological polar surface area (TPSA) is 81.9 Å². The summed E-state index contributed by atoms with van der Waals surface area (Å²) in [6.45, 7) is 9.41. The van der Waals surface area contributed by atoms with Crippen molar-refractivity contribution in [3.63, 3.8) is 0 Å². The molecular weight excluding hydrogens is 322 g/mol. The van der Waals surface area contributed by atoms with Crippen molar-refractivity contribution in [1.29, 1.82) is 0 Å². The van der Waals surface area contributed by atoms with Crippen molar-refractivity contribution in [2.24, 2.45) is 0 Å². The van der Waals surface area contributed by atoms with Gasteiger partial charge in [0.05, 0.1) is 11.4 Å². The molecule has 134 valence electrons. The van der Waals surface area contributed by atoms with Crippen molar-refractivity contribution in [2.75, 3.05) is 10.6 Å². The van der Waals surface area contributed by atoms with Crippen molar-refractivity contribution >= 4 is 23.6 Å². The van der Waals surface area contributed by atoms with Crippen molar-refractivity contribution in [3.8, 4) is 0 Å². The zero-order valence-electron chi connectivity index (χ0n) is 14.6. The highest BCUT2D eigenvalue weighted by Crippen LogP contribution is 2.27. The Morgan fingerprint density at radius 2 is 1.33 bits per heavy atom. The van der Waals surface area contributed by atoms with Gasteiger partial charge in [0, 0.05) is 12.1 Å². The molecule has 8 heteroatoms. The smallest absolute Gasteiger partial charge is 0.424 e. The van der Waals surface area contributed by atoms with Gasteiger partial charge in [-0.3, -0.25) is 0 Å². The average Bonchev–Trinajstić information content (AvgIpc) is 2.31. The van der Waals surface area contributed by atoms with E-state index in [1.165, 1.54) is 0 Å². The molecule has 0 aromatic heterocycles. The molecule has 0 saturated carbocycles. The van der Waals surface area contributed by atoms with Crippen LogP contribution in [0.25, 0.3) is 0 Å². The first kappa shape index (κ1) is 19.7. The lowest BCUT2D eigenvalue weighted by molar-refractivity contribution is 0.0429. The third-order valence-electron chi connectivity index (χ3n) is 2.46. The number of imide groups is 1. The van der Waals surface area contributed by atoms with Gasteiger partial charge in [0.1, 0.15) is 22.8 Å². The molecule has 0 heterocycles. The number of ether oxygens (including phenoxy) is 2. The Morgan fingerprint density at radius 3 is 1.71 bits per heavy atom. The number of hydrogen-bond acceptors (Lipinski definition) is 5. The van der Waals surface area contributed by atoms with Crippen molar-refractivity contribution in [1.82, 2.24) is 0 Å². The molecule has 6 nitrogen and oxygen atoms in total. The molecule has 0 atom stereocenters. The Hall–Kier alpha value is -2.38. The van der Waals surface area contributed by atoms with Crippen LogP contribution in [0.4, 0.5) is 29.7 Å². The minimum atomic E-state index is -1.19. The number of nitrogen functional groups attached to an aromatic ring is 1. The normalized spacial score (nSPS) is 11.8. The van der Waals surface area contributed by atoms with Crippen LogP contribution < -0.4 is 10.6 Å². The summed E-state index contributed by atoms with van der Waals surface area (Å²) in [5, 5.41) is 0. The molecule has 24 heavy (non-hydrogen) atoms. The number of nitrogens with zero attached hydrogens (tertiary/aromatic N) is 1. The highest BCUT2D eigenvalue weighted by Gasteiger charge is 2.34. The van der Waals surface area contributed by atoms with Gasteiger partial charge in [0.2, 0.25) is 0 Å². The highest BCUT2D eigenvalue weighted by atomic mass is 19.1. The van der Waals surface area contributed by atoms with E-state index in [9.17, 15) is 18.4 Å². The van der Waals surface area contributed by atoms with Crippen LogP contribution in [-0.2, 0) is 9.47 Å². The van der Waals surface area contributed by atoms with Gasteiger partial charge in [0.15, 0.2) is 0 Å². The summed E-state index contributed by atoms with van der Waals surface area (Å²) in [6, 6.07) is 1.31. The molecule has 0 unspecified atom stereocenters. The molecule has 0 aliphatic rings. The molecule has 1 rings (SSSR count). The number of halogens is 2. The monoisotopic (exact) mass is 344 g/mol. The van der Waals surface area contributed by atoms with Crippen LogP contribution in [0.5, 0.6) is 0 Å². The largest absolute Gasteiger partial charge is 0.443 e. The second-order valence-electron chi connectivity index (χ2n) is 7.12. The van der Waals surface area contributed by atoms with Gasteiger partial charge in [-0.05, 0) is 41.5 Å². The lowest BCUT2D eigenvalue weighted by atomic mass is 10.2. The molecule has 0 aliphatic heterocycles. The van der Waals surface area contributed by atoms with Gasteiger partial charge in [-0.1, -0.05) is 0 Å². The van der Waals surface area contributed by atoms with E-state index >= 15 is 0 Å². The number of nitrogens with two attached hydrogens (primary N) is 1. The number of anilines is 2. The van der Waals surface area contributed by atoms with Crippen LogP contribution >= 0.6 is 0 Å². The molecule has 1 aromatic carbocycles. The summed E-state index contributed by atoms with van der Waals surface area (Å²) in [6.07, 6.45) is -2.39. The summed E-state index contributed by atoms with van der Waals surface area (Å²) in [4.78, 5) is 24.9. The average molecular weight is 344 g/mol. The molecule has 2 N–H and O–H groups in total. The van der Waals surface area contributed by atoms with E-state index in [0.29, 0.717) is 17.0 Å². The van der Waals surface area contributed by atoms with Gasteiger partial charge < -0.3 is 15.2 Å². The van der Waals surface area contributed by atoms with Crippen LogP contribution in [0.2, 0.25) is 0 Å². The standard InChI is InChI=1S/C16H22F2N2O4/c1-15(2,3)23-13(21)20(14(22)24-16(4,5)6)12-8-9(17)11(19)7-10(12)18/h7-8H,19H2,1-6H3. The van der Waals surface area contributed by atoms with Crippen LogP contribution in [0, 0.1) is 11.6 Å². The Kier molecular flexibility index (Phi) is 5.43. The van der Waals surface area contributed by atoms with Crippen molar-refractivity contribution in [3.05, 3.63) is 23.8 Å². The quantitative estimate of drug-likeness (QED) is 0.771. The Balaban J connectivity index is 3.36. The zero-order valence-corrected chi connectivity index (χ0v) is 14.6. The van der Waals surface area contributed by atoms with Crippen LogP contribution in [0.15, 0.2) is 12.1 Å². The van der Waals surface area contributed by atoms with Crippen LogP contribution in [0.3, 0.4) is 0 Å². The van der Waals surface area contributed by atoms with Crippen molar-refractivity contribution in [2.45, 2.75) is 52.7 Å². The number of rotatable bonds is 1. The van der Waals surface area contributed by atoms with E-state index < -0.39 is 46.4 Å². The van der Waals surface area contributed by atoms with E-state index in [1.807, 2.05) is 0 Å². The fraction of sp³-hybridized carbons (Fsp3) is 0.500. The maximum absolute atomic E-state index is 14.2. The third-order valence-corrected chi connectivity index (χ3v) is 2.46. The van der Waals surface area contributed by atoms with E-state index in [0.717, 1.165) is 0 Å². The molecule has 0 radical (unpaired) electrons. The maximum Gasteiger partial charge on any atom is 0.424 e. The Labute approximate surface area is 139 Å².